The number of rotatable bonds is 3. The maximum Gasteiger partial charge on any atom is 0.333 e. The minimum Gasteiger partial charge on any atom is -0.466 e. The molecule has 0 amide bonds. The molecule has 0 saturated heterocycles. The van der Waals surface area contributed by atoms with E-state index in [1.54, 1.807) is 6.92 Å². The summed E-state index contributed by atoms with van der Waals surface area (Å²) in [7, 11) is 1.25. The first-order valence-corrected chi connectivity index (χ1v) is 3.55. The van der Waals surface area contributed by atoms with Crippen molar-refractivity contribution >= 4 is 11.9 Å². The van der Waals surface area contributed by atoms with Crippen LogP contribution >= 0.6 is 0 Å². The molecule has 0 aliphatic heterocycles. The van der Waals surface area contributed by atoms with Crippen LogP contribution in [0, 0.1) is 0 Å². The van der Waals surface area contributed by atoms with Crippen LogP contribution in [0.2, 0.25) is 0 Å². The quantitative estimate of drug-likeness (QED) is 0.463. The molecular formula is C8H12O4. The first-order valence-electron chi connectivity index (χ1n) is 3.55. The molecule has 0 bridgehead atoms. The Kier molecular flexibility index (Phi) is 4.76. The Balaban J connectivity index is 4.15. The molecule has 0 radical (unpaired) electrons. The van der Waals surface area contributed by atoms with E-state index in [0.29, 0.717) is 6.61 Å². The molecule has 0 aliphatic carbocycles. The molecule has 0 saturated carbocycles. The van der Waals surface area contributed by atoms with Gasteiger partial charge in [-0.05, 0) is 13.8 Å². The lowest BCUT2D eigenvalue weighted by Gasteiger charge is -1.98. The highest BCUT2D eigenvalue weighted by atomic mass is 16.5. The fourth-order valence-corrected chi connectivity index (χ4v) is 0.581. The number of esters is 2. The Morgan fingerprint density at radius 1 is 1.42 bits per heavy atom. The van der Waals surface area contributed by atoms with Crippen LogP contribution in [0.25, 0.3) is 0 Å². The molecule has 0 atom stereocenters. The molecule has 4 heteroatoms. The largest absolute Gasteiger partial charge is 0.466 e. The van der Waals surface area contributed by atoms with E-state index < -0.39 is 11.9 Å². The third-order valence-corrected chi connectivity index (χ3v) is 1.13. The van der Waals surface area contributed by atoms with Gasteiger partial charge in [-0.15, -0.1) is 0 Å². The monoisotopic (exact) mass is 172 g/mol. The number of carbonyl (C=O) groups is 2. The Bertz CT molecular complexity index is 205. The van der Waals surface area contributed by atoms with Crippen LogP contribution in [-0.2, 0) is 19.1 Å². The molecule has 0 heterocycles. The van der Waals surface area contributed by atoms with Crippen LogP contribution in [0.4, 0.5) is 0 Å². The van der Waals surface area contributed by atoms with Gasteiger partial charge < -0.3 is 9.47 Å². The van der Waals surface area contributed by atoms with Gasteiger partial charge in [0.2, 0.25) is 0 Å². The minimum atomic E-state index is -0.527. The van der Waals surface area contributed by atoms with Gasteiger partial charge in [0.25, 0.3) is 0 Å². The Hall–Kier alpha value is -1.32. The summed E-state index contributed by atoms with van der Waals surface area (Å²) >= 11 is 0. The number of hydrogen-bond donors (Lipinski definition) is 0. The number of ether oxygens (including phenoxy) is 2. The summed E-state index contributed by atoms with van der Waals surface area (Å²) in [4.78, 5) is 21.5. The molecule has 0 aliphatic rings. The van der Waals surface area contributed by atoms with Crippen molar-refractivity contribution in [2.24, 2.45) is 0 Å². The molecule has 0 unspecified atom stereocenters. The van der Waals surface area contributed by atoms with Gasteiger partial charge >= 0.3 is 11.9 Å². The van der Waals surface area contributed by atoms with Gasteiger partial charge in [-0.3, -0.25) is 0 Å². The van der Waals surface area contributed by atoms with E-state index in [-0.39, 0.29) is 5.57 Å². The average Bonchev–Trinajstić information content (AvgIpc) is 2.03. The van der Waals surface area contributed by atoms with E-state index >= 15 is 0 Å². The zero-order valence-corrected chi connectivity index (χ0v) is 7.42. The van der Waals surface area contributed by atoms with Crippen LogP contribution in [-0.4, -0.2) is 25.7 Å². The minimum absolute atomic E-state index is 0.232. The molecule has 0 aromatic heterocycles. The highest BCUT2D eigenvalue weighted by Gasteiger charge is 2.05. The SMILES string of the molecule is CCOC(=O)C=C(C)C(=O)OC. The normalized spacial score (nSPS) is 10.8. The zero-order chi connectivity index (χ0) is 9.56. The van der Waals surface area contributed by atoms with E-state index in [9.17, 15) is 9.59 Å². The van der Waals surface area contributed by atoms with Gasteiger partial charge in [-0.25, -0.2) is 9.59 Å². The van der Waals surface area contributed by atoms with Gasteiger partial charge in [0, 0.05) is 11.6 Å². The topological polar surface area (TPSA) is 52.6 Å². The van der Waals surface area contributed by atoms with Crippen LogP contribution in [0.15, 0.2) is 11.6 Å². The van der Waals surface area contributed by atoms with E-state index in [1.165, 1.54) is 14.0 Å². The van der Waals surface area contributed by atoms with E-state index in [1.807, 2.05) is 0 Å². The fraction of sp³-hybridized carbons (Fsp3) is 0.500. The van der Waals surface area contributed by atoms with Crippen LogP contribution < -0.4 is 0 Å². The van der Waals surface area contributed by atoms with Crippen molar-refractivity contribution in [2.75, 3.05) is 13.7 Å². The number of hydrogen-bond acceptors (Lipinski definition) is 4. The van der Waals surface area contributed by atoms with Crippen LogP contribution in [0.5, 0.6) is 0 Å². The van der Waals surface area contributed by atoms with Crippen LogP contribution in [0.1, 0.15) is 13.8 Å². The van der Waals surface area contributed by atoms with Crippen molar-refractivity contribution in [3.05, 3.63) is 11.6 Å². The van der Waals surface area contributed by atoms with E-state index in [0.717, 1.165) is 6.08 Å². The van der Waals surface area contributed by atoms with Crippen molar-refractivity contribution in [1.82, 2.24) is 0 Å². The number of carbonyl (C=O) groups excluding carboxylic acids is 2. The third-order valence-electron chi connectivity index (χ3n) is 1.13. The molecule has 0 fully saturated rings. The highest BCUT2D eigenvalue weighted by Crippen LogP contribution is 1.96. The first-order chi connectivity index (χ1) is 5.61. The Morgan fingerprint density at radius 3 is 2.42 bits per heavy atom. The molecule has 0 rings (SSSR count). The molecule has 0 aromatic carbocycles. The van der Waals surface area contributed by atoms with Gasteiger partial charge in [-0.2, -0.15) is 0 Å². The molecule has 0 N–H and O–H groups in total. The zero-order valence-electron chi connectivity index (χ0n) is 7.42. The Labute approximate surface area is 71.2 Å². The fourth-order valence-electron chi connectivity index (χ4n) is 0.581. The molecule has 4 nitrogen and oxygen atoms in total. The van der Waals surface area contributed by atoms with E-state index in [4.69, 9.17) is 0 Å². The standard InChI is InChI=1S/C8H12O4/c1-4-12-7(9)5-6(2)8(10)11-3/h5H,4H2,1-3H3. The van der Waals surface area contributed by atoms with Gasteiger partial charge in [0.1, 0.15) is 0 Å². The Morgan fingerprint density at radius 2 is 2.00 bits per heavy atom. The predicted octanol–water partition coefficient (Wildman–Crippen LogP) is 0.669. The lowest BCUT2D eigenvalue weighted by molar-refractivity contribution is -0.139. The van der Waals surface area contributed by atoms with Crippen molar-refractivity contribution in [3.8, 4) is 0 Å². The number of methoxy groups -OCH3 is 1. The molecule has 12 heavy (non-hydrogen) atoms. The summed E-state index contributed by atoms with van der Waals surface area (Å²) in [5.74, 6) is -1.05. The molecular weight excluding hydrogens is 160 g/mol. The molecule has 0 aromatic rings. The predicted molar refractivity (Wildman–Crippen MR) is 42.4 cm³/mol. The van der Waals surface area contributed by atoms with Crippen molar-refractivity contribution in [3.63, 3.8) is 0 Å². The summed E-state index contributed by atoms with van der Waals surface area (Å²) in [5, 5.41) is 0. The van der Waals surface area contributed by atoms with Crippen LogP contribution in [0.3, 0.4) is 0 Å². The second-order valence-electron chi connectivity index (χ2n) is 2.07. The summed E-state index contributed by atoms with van der Waals surface area (Å²) in [6, 6.07) is 0. The highest BCUT2D eigenvalue weighted by molar-refractivity contribution is 5.95. The maximum absolute atomic E-state index is 10.8. The molecule has 68 valence electrons. The third kappa shape index (κ3) is 3.75. The van der Waals surface area contributed by atoms with Crippen molar-refractivity contribution < 1.29 is 19.1 Å². The lowest BCUT2D eigenvalue weighted by Crippen LogP contribution is -2.06. The van der Waals surface area contributed by atoms with Crippen molar-refractivity contribution in [1.29, 1.82) is 0 Å². The van der Waals surface area contributed by atoms with Gasteiger partial charge in [0.15, 0.2) is 0 Å². The maximum atomic E-state index is 10.8. The van der Waals surface area contributed by atoms with Gasteiger partial charge in [0.05, 0.1) is 13.7 Å². The summed E-state index contributed by atoms with van der Waals surface area (Å²) in [5.41, 5.74) is 0.232. The van der Waals surface area contributed by atoms with Crippen molar-refractivity contribution in [2.45, 2.75) is 13.8 Å². The van der Waals surface area contributed by atoms with E-state index in [2.05, 4.69) is 9.47 Å². The lowest BCUT2D eigenvalue weighted by atomic mass is 10.3. The van der Waals surface area contributed by atoms with Gasteiger partial charge in [-0.1, -0.05) is 0 Å². The average molecular weight is 172 g/mol. The summed E-state index contributed by atoms with van der Waals surface area (Å²) in [6.07, 6.45) is 1.11. The first kappa shape index (κ1) is 10.7. The molecule has 0 spiro atoms. The summed E-state index contributed by atoms with van der Waals surface area (Å²) in [6.45, 7) is 3.48. The second kappa shape index (κ2) is 5.35. The smallest absolute Gasteiger partial charge is 0.333 e. The second-order valence-corrected chi connectivity index (χ2v) is 2.07. The summed E-state index contributed by atoms with van der Waals surface area (Å²) < 4.78 is 8.96.